The molecule has 0 spiro atoms. The van der Waals surface area contributed by atoms with E-state index in [1.165, 1.54) is 12.1 Å². The molecule has 0 atom stereocenters. The summed E-state index contributed by atoms with van der Waals surface area (Å²) in [5, 5.41) is 1.81. The van der Waals surface area contributed by atoms with Gasteiger partial charge in [-0.15, -0.1) is 0 Å². The summed E-state index contributed by atoms with van der Waals surface area (Å²) in [7, 11) is 0. The molecule has 0 aliphatic carbocycles. The number of carbonyl (C=O) groups excluding carboxylic acids is 1. The van der Waals surface area contributed by atoms with E-state index < -0.39 is 11.7 Å². The van der Waals surface area contributed by atoms with Crippen molar-refractivity contribution in [2.45, 2.75) is 6.18 Å². The Bertz CT molecular complexity index is 799. The van der Waals surface area contributed by atoms with Gasteiger partial charge in [0.05, 0.1) is 12.1 Å². The number of allylic oxidation sites excluding steroid dienone is 2. The van der Waals surface area contributed by atoms with Gasteiger partial charge >= 0.3 is 12.2 Å². The molecule has 0 aromatic heterocycles. The van der Waals surface area contributed by atoms with Crippen LogP contribution in [0.1, 0.15) is 5.56 Å². The van der Waals surface area contributed by atoms with E-state index in [-0.39, 0.29) is 6.03 Å². The summed E-state index contributed by atoms with van der Waals surface area (Å²) in [6, 6.07) is 5.35. The molecule has 1 aromatic carbocycles. The Morgan fingerprint density at radius 1 is 1.07 bits per heavy atom. The van der Waals surface area contributed by atoms with Crippen molar-refractivity contribution in [3.63, 3.8) is 0 Å². The zero-order chi connectivity index (χ0) is 19.7. The van der Waals surface area contributed by atoms with E-state index >= 15 is 0 Å². The molecule has 28 heavy (non-hydrogen) atoms. The lowest BCUT2D eigenvalue weighted by Crippen LogP contribution is -2.48. The van der Waals surface area contributed by atoms with Crippen LogP contribution < -0.4 is 10.3 Å². The minimum absolute atomic E-state index is 0.127. The van der Waals surface area contributed by atoms with Gasteiger partial charge in [0.1, 0.15) is 5.82 Å². The number of alkyl halides is 3. The predicted octanol–water partition coefficient (Wildman–Crippen LogP) is 2.48. The molecular formula is C19H22F3N5O. The van der Waals surface area contributed by atoms with Crippen LogP contribution in [0.3, 0.4) is 0 Å². The van der Waals surface area contributed by atoms with Gasteiger partial charge in [-0.05, 0) is 24.3 Å². The number of hydrogen-bond acceptors (Lipinski definition) is 4. The molecule has 150 valence electrons. The second-order valence-electron chi connectivity index (χ2n) is 7.01. The van der Waals surface area contributed by atoms with E-state index in [1.807, 2.05) is 28.1 Å². The highest BCUT2D eigenvalue weighted by Crippen LogP contribution is 2.31. The minimum atomic E-state index is -4.33. The first kappa shape index (κ1) is 18.7. The molecule has 6 nitrogen and oxygen atoms in total. The van der Waals surface area contributed by atoms with Crippen molar-refractivity contribution < 1.29 is 18.0 Å². The summed E-state index contributed by atoms with van der Waals surface area (Å²) in [4.78, 5) is 18.1. The van der Waals surface area contributed by atoms with Gasteiger partial charge in [-0.25, -0.2) is 10.2 Å². The summed E-state index contributed by atoms with van der Waals surface area (Å²) in [6.45, 7) is 4.76. The lowest BCUT2D eigenvalue weighted by molar-refractivity contribution is -0.137. The number of piperazine rings is 1. The number of hydrazine groups is 1. The first-order valence-corrected chi connectivity index (χ1v) is 9.29. The third-order valence-corrected chi connectivity index (χ3v) is 5.25. The Labute approximate surface area is 161 Å². The molecule has 4 rings (SSSR count). The molecule has 1 N–H and O–H groups in total. The third-order valence-electron chi connectivity index (χ3n) is 5.25. The standard InChI is InChI=1S/C19H22F3N5O/c20-19(21,22)15-4-3-5-16(14-15)25-11-8-24(9-12-25)10-13-26-17-6-1-2-7-27(17)23-18(26)28/h1-6,14H,7-13H2,(H,23,28). The zero-order valence-electron chi connectivity index (χ0n) is 15.3. The second kappa shape index (κ2) is 7.38. The van der Waals surface area contributed by atoms with Crippen molar-refractivity contribution in [3.05, 3.63) is 53.9 Å². The van der Waals surface area contributed by atoms with E-state index in [9.17, 15) is 18.0 Å². The number of nitrogens with one attached hydrogen (secondary N) is 1. The SMILES string of the molecule is O=C1NN2CC=CC=C2N1CCN1CCN(c2cccc(C(F)(F)F)c2)CC1. The van der Waals surface area contributed by atoms with Crippen LogP contribution in [0.4, 0.5) is 23.7 Å². The fourth-order valence-corrected chi connectivity index (χ4v) is 3.69. The van der Waals surface area contributed by atoms with E-state index in [0.29, 0.717) is 31.9 Å². The summed E-state index contributed by atoms with van der Waals surface area (Å²) in [5.74, 6) is 0.857. The fourth-order valence-electron chi connectivity index (χ4n) is 3.69. The van der Waals surface area contributed by atoms with Crippen LogP contribution in [0.2, 0.25) is 0 Å². The largest absolute Gasteiger partial charge is 0.416 e. The quantitative estimate of drug-likeness (QED) is 0.854. The summed E-state index contributed by atoms with van der Waals surface area (Å²) in [6.07, 6.45) is 1.49. The van der Waals surface area contributed by atoms with Gasteiger partial charge < -0.3 is 4.90 Å². The Kier molecular flexibility index (Phi) is 4.92. The number of hydrogen-bond donors (Lipinski definition) is 1. The second-order valence-corrected chi connectivity index (χ2v) is 7.01. The molecule has 3 aliphatic rings. The first-order chi connectivity index (χ1) is 13.4. The van der Waals surface area contributed by atoms with E-state index in [4.69, 9.17) is 0 Å². The Morgan fingerprint density at radius 3 is 2.61 bits per heavy atom. The highest BCUT2D eigenvalue weighted by molar-refractivity contribution is 5.78. The monoisotopic (exact) mass is 393 g/mol. The number of fused-ring (bicyclic) bond motifs is 1. The number of anilines is 1. The number of nitrogens with zero attached hydrogens (tertiary/aromatic N) is 4. The molecule has 0 saturated carbocycles. The van der Waals surface area contributed by atoms with Gasteiger partial charge in [0, 0.05) is 45.0 Å². The van der Waals surface area contributed by atoms with Crippen molar-refractivity contribution >= 4 is 11.7 Å². The Morgan fingerprint density at radius 2 is 1.86 bits per heavy atom. The van der Waals surface area contributed by atoms with Crippen LogP contribution in [0, 0.1) is 0 Å². The molecule has 3 aliphatic heterocycles. The smallest absolute Gasteiger partial charge is 0.369 e. The van der Waals surface area contributed by atoms with Crippen molar-refractivity contribution in [1.29, 1.82) is 0 Å². The maximum atomic E-state index is 12.9. The van der Waals surface area contributed by atoms with Crippen LogP contribution in [0.15, 0.2) is 48.3 Å². The number of rotatable bonds is 4. The summed E-state index contributed by atoms with van der Waals surface area (Å²) in [5.41, 5.74) is 2.80. The maximum absolute atomic E-state index is 12.9. The number of amides is 2. The lowest BCUT2D eigenvalue weighted by atomic mass is 10.1. The fraction of sp³-hybridized carbons (Fsp3) is 0.421. The van der Waals surface area contributed by atoms with Crippen molar-refractivity contribution in [3.8, 4) is 0 Å². The van der Waals surface area contributed by atoms with Gasteiger partial charge in [-0.3, -0.25) is 14.8 Å². The van der Waals surface area contributed by atoms with Crippen molar-refractivity contribution in [2.24, 2.45) is 0 Å². The van der Waals surface area contributed by atoms with Crippen LogP contribution in [0.25, 0.3) is 0 Å². The molecule has 2 fully saturated rings. The normalized spacial score (nSPS) is 20.3. The van der Waals surface area contributed by atoms with Gasteiger partial charge in [-0.1, -0.05) is 18.2 Å². The van der Waals surface area contributed by atoms with Crippen molar-refractivity contribution in [1.82, 2.24) is 20.2 Å². The molecule has 0 unspecified atom stereocenters. The molecule has 3 heterocycles. The molecule has 1 aromatic rings. The molecule has 2 amide bonds. The molecule has 0 bridgehead atoms. The molecule has 9 heteroatoms. The number of benzene rings is 1. The number of carbonyl (C=O) groups is 1. The first-order valence-electron chi connectivity index (χ1n) is 9.29. The molecule has 2 saturated heterocycles. The number of urea groups is 1. The van der Waals surface area contributed by atoms with Crippen LogP contribution in [-0.4, -0.2) is 66.7 Å². The van der Waals surface area contributed by atoms with Gasteiger partial charge in [0.2, 0.25) is 0 Å². The van der Waals surface area contributed by atoms with Crippen LogP contribution >= 0.6 is 0 Å². The average Bonchev–Trinajstić information content (AvgIpc) is 3.01. The third kappa shape index (κ3) is 3.80. The highest BCUT2D eigenvalue weighted by Gasteiger charge is 2.33. The lowest BCUT2D eigenvalue weighted by Gasteiger charge is -2.37. The Balaban J connectivity index is 1.31. The maximum Gasteiger partial charge on any atom is 0.416 e. The molecule has 0 radical (unpaired) electrons. The summed E-state index contributed by atoms with van der Waals surface area (Å²) < 4.78 is 38.8. The average molecular weight is 393 g/mol. The van der Waals surface area contributed by atoms with Gasteiger partial charge in [0.25, 0.3) is 0 Å². The topological polar surface area (TPSA) is 42.1 Å². The predicted molar refractivity (Wildman–Crippen MR) is 99.3 cm³/mol. The minimum Gasteiger partial charge on any atom is -0.369 e. The van der Waals surface area contributed by atoms with E-state index in [0.717, 1.165) is 31.5 Å². The van der Waals surface area contributed by atoms with Crippen molar-refractivity contribution in [2.75, 3.05) is 50.7 Å². The van der Waals surface area contributed by atoms with Crippen LogP contribution in [-0.2, 0) is 6.18 Å². The Hall–Kier alpha value is -2.68. The molecular weight excluding hydrogens is 371 g/mol. The van der Waals surface area contributed by atoms with E-state index in [1.54, 1.807) is 11.0 Å². The van der Waals surface area contributed by atoms with Crippen LogP contribution in [0.5, 0.6) is 0 Å². The number of halogens is 3. The van der Waals surface area contributed by atoms with E-state index in [2.05, 4.69) is 10.3 Å². The van der Waals surface area contributed by atoms with Gasteiger partial charge in [-0.2, -0.15) is 13.2 Å². The summed E-state index contributed by atoms with van der Waals surface area (Å²) >= 11 is 0. The van der Waals surface area contributed by atoms with Gasteiger partial charge in [0.15, 0.2) is 0 Å². The highest BCUT2D eigenvalue weighted by atomic mass is 19.4. The zero-order valence-corrected chi connectivity index (χ0v) is 15.3.